The molecule has 2 aliphatic rings. The van der Waals surface area contributed by atoms with Crippen LogP contribution in [0.15, 0.2) is 59.4 Å². The summed E-state index contributed by atoms with van der Waals surface area (Å²) >= 11 is 0. The lowest BCUT2D eigenvalue weighted by Crippen LogP contribution is -2.20. The van der Waals surface area contributed by atoms with E-state index in [1.54, 1.807) is 6.20 Å². The van der Waals surface area contributed by atoms with Gasteiger partial charge in [0.2, 0.25) is 5.95 Å². The van der Waals surface area contributed by atoms with Gasteiger partial charge in [-0.25, -0.2) is 4.98 Å². The highest BCUT2D eigenvalue weighted by atomic mass is 15.2. The van der Waals surface area contributed by atoms with Crippen LogP contribution < -0.4 is 10.2 Å². The third-order valence-corrected chi connectivity index (χ3v) is 5.19. The molecule has 6 heteroatoms. The number of amidine groups is 1. The average molecular weight is 358 g/mol. The molecular weight excluding hydrogens is 336 g/mol. The number of fused-ring (bicyclic) bond motifs is 1. The van der Waals surface area contributed by atoms with Crippen molar-refractivity contribution in [3.63, 3.8) is 0 Å². The van der Waals surface area contributed by atoms with E-state index in [4.69, 9.17) is 0 Å². The molecular formula is C21H22N6. The van der Waals surface area contributed by atoms with E-state index in [-0.39, 0.29) is 0 Å². The largest absolute Gasteiger partial charge is 0.361 e. The van der Waals surface area contributed by atoms with Gasteiger partial charge in [0.25, 0.3) is 0 Å². The van der Waals surface area contributed by atoms with Crippen LogP contribution in [0.4, 0.5) is 11.8 Å². The van der Waals surface area contributed by atoms with Crippen LogP contribution >= 0.6 is 0 Å². The van der Waals surface area contributed by atoms with E-state index in [1.165, 1.54) is 29.4 Å². The van der Waals surface area contributed by atoms with Crippen molar-refractivity contribution in [2.75, 3.05) is 23.8 Å². The molecule has 0 atom stereocenters. The number of rotatable bonds is 5. The first kappa shape index (κ1) is 16.1. The van der Waals surface area contributed by atoms with Gasteiger partial charge in [0, 0.05) is 36.9 Å². The molecule has 5 rings (SSSR count). The topological polar surface area (TPSA) is 69.2 Å². The molecule has 1 fully saturated rings. The van der Waals surface area contributed by atoms with Gasteiger partial charge in [-0.3, -0.25) is 4.99 Å². The number of anilines is 2. The normalized spacial score (nSPS) is 16.3. The van der Waals surface area contributed by atoms with Crippen molar-refractivity contribution in [3.8, 4) is 0 Å². The van der Waals surface area contributed by atoms with Crippen LogP contribution in [-0.2, 0) is 6.54 Å². The van der Waals surface area contributed by atoms with Gasteiger partial charge in [-0.05, 0) is 54.2 Å². The van der Waals surface area contributed by atoms with Crippen molar-refractivity contribution in [2.45, 2.75) is 19.4 Å². The van der Waals surface area contributed by atoms with E-state index in [9.17, 15) is 0 Å². The van der Waals surface area contributed by atoms with E-state index in [0.717, 1.165) is 36.2 Å². The zero-order valence-electron chi connectivity index (χ0n) is 15.3. The molecule has 1 aromatic carbocycles. The smallest absolute Gasteiger partial charge is 0.227 e. The van der Waals surface area contributed by atoms with E-state index < -0.39 is 0 Å². The second-order valence-electron chi connectivity index (χ2n) is 7.27. The summed E-state index contributed by atoms with van der Waals surface area (Å²) in [6.45, 7) is 1.57. The maximum absolute atomic E-state index is 4.67. The van der Waals surface area contributed by atoms with Crippen molar-refractivity contribution in [2.24, 2.45) is 10.9 Å². The maximum atomic E-state index is 4.67. The molecule has 0 amide bonds. The quantitative estimate of drug-likeness (QED) is 0.729. The fourth-order valence-electron chi connectivity index (χ4n) is 3.57. The highest BCUT2D eigenvalue weighted by Crippen LogP contribution is 2.37. The highest BCUT2D eigenvalue weighted by molar-refractivity contribution is 6.05. The minimum absolute atomic E-state index is 0.692. The van der Waals surface area contributed by atoms with Gasteiger partial charge in [-0.1, -0.05) is 12.1 Å². The molecule has 3 heterocycles. The molecule has 0 unspecified atom stereocenters. The summed E-state index contributed by atoms with van der Waals surface area (Å²) in [6, 6.07) is 10.3. The van der Waals surface area contributed by atoms with Crippen LogP contribution in [-0.4, -0.2) is 34.4 Å². The Balaban J connectivity index is 1.32. The molecule has 1 aliphatic heterocycles. The van der Waals surface area contributed by atoms with Crippen molar-refractivity contribution in [3.05, 3.63) is 59.9 Å². The zero-order chi connectivity index (χ0) is 18.2. The monoisotopic (exact) mass is 358 g/mol. The summed E-state index contributed by atoms with van der Waals surface area (Å²) in [5.74, 6) is 3.13. The molecule has 0 spiro atoms. The van der Waals surface area contributed by atoms with Crippen LogP contribution in [0.2, 0.25) is 0 Å². The van der Waals surface area contributed by atoms with Gasteiger partial charge in [-0.15, -0.1) is 0 Å². The number of H-pyrrole nitrogens is 1. The van der Waals surface area contributed by atoms with Crippen molar-refractivity contribution in [1.82, 2.24) is 15.0 Å². The summed E-state index contributed by atoms with van der Waals surface area (Å²) < 4.78 is 0. The molecule has 6 nitrogen and oxygen atoms in total. The Morgan fingerprint density at radius 1 is 1.22 bits per heavy atom. The number of benzene rings is 1. The molecule has 3 aromatic rings. The number of hydrogen-bond acceptors (Lipinski definition) is 5. The molecule has 27 heavy (non-hydrogen) atoms. The Labute approximate surface area is 158 Å². The Hall–Kier alpha value is -3.15. The van der Waals surface area contributed by atoms with E-state index in [1.807, 2.05) is 19.3 Å². The summed E-state index contributed by atoms with van der Waals surface area (Å²) in [7, 11) is 2.02. The fraction of sp³-hybridized carbons (Fsp3) is 0.286. The van der Waals surface area contributed by atoms with Crippen LogP contribution in [0.1, 0.15) is 18.4 Å². The van der Waals surface area contributed by atoms with Crippen molar-refractivity contribution >= 4 is 28.5 Å². The van der Waals surface area contributed by atoms with Gasteiger partial charge >= 0.3 is 0 Å². The second-order valence-corrected chi connectivity index (χ2v) is 7.27. The lowest BCUT2D eigenvalue weighted by Gasteiger charge is -2.18. The van der Waals surface area contributed by atoms with Crippen LogP contribution in [0, 0.1) is 5.92 Å². The zero-order valence-corrected chi connectivity index (χ0v) is 15.3. The Morgan fingerprint density at radius 3 is 3.04 bits per heavy atom. The third kappa shape index (κ3) is 3.30. The summed E-state index contributed by atoms with van der Waals surface area (Å²) in [4.78, 5) is 19.0. The first-order valence-corrected chi connectivity index (χ1v) is 9.37. The molecule has 1 saturated carbocycles. The standard InChI is InChI=1S/C21H22N6/c1-27(13-15-3-2-4-18-17(15)7-9-22-18)21-23-10-8-19(26-21)25-20-11-16(12-24-20)14-5-6-14/h2-4,7-11,14,22H,5-6,12-13H2,1H3,(H,23,24,25,26). The fourth-order valence-corrected chi connectivity index (χ4v) is 3.57. The number of aromatic nitrogens is 3. The van der Waals surface area contributed by atoms with Gasteiger partial charge in [0.1, 0.15) is 11.7 Å². The highest BCUT2D eigenvalue weighted by Gasteiger charge is 2.27. The van der Waals surface area contributed by atoms with Crippen LogP contribution in [0.25, 0.3) is 10.9 Å². The molecule has 2 aromatic heterocycles. The first-order chi connectivity index (χ1) is 13.3. The summed E-state index contributed by atoms with van der Waals surface area (Å²) in [6.07, 6.45) is 8.56. The molecule has 0 radical (unpaired) electrons. The van der Waals surface area contributed by atoms with Crippen LogP contribution in [0.3, 0.4) is 0 Å². The van der Waals surface area contributed by atoms with Gasteiger partial charge in [0.15, 0.2) is 0 Å². The Morgan fingerprint density at radius 2 is 2.15 bits per heavy atom. The predicted molar refractivity (Wildman–Crippen MR) is 109 cm³/mol. The number of hydrogen-bond donors (Lipinski definition) is 2. The van der Waals surface area contributed by atoms with Gasteiger partial charge in [-0.2, -0.15) is 4.98 Å². The minimum atomic E-state index is 0.692. The Kier molecular flexibility index (Phi) is 3.89. The van der Waals surface area contributed by atoms with E-state index >= 15 is 0 Å². The van der Waals surface area contributed by atoms with Gasteiger partial charge < -0.3 is 15.2 Å². The lowest BCUT2D eigenvalue weighted by molar-refractivity contribution is 0.873. The minimum Gasteiger partial charge on any atom is -0.361 e. The summed E-state index contributed by atoms with van der Waals surface area (Å²) in [5, 5.41) is 4.56. The lowest BCUT2D eigenvalue weighted by atomic mass is 10.1. The average Bonchev–Trinajstić information content (AvgIpc) is 3.23. The van der Waals surface area contributed by atoms with Crippen molar-refractivity contribution in [1.29, 1.82) is 0 Å². The van der Waals surface area contributed by atoms with Crippen LogP contribution in [0.5, 0.6) is 0 Å². The molecule has 136 valence electrons. The van der Waals surface area contributed by atoms with E-state index in [2.05, 4.69) is 60.5 Å². The number of nitrogens with one attached hydrogen (secondary N) is 2. The van der Waals surface area contributed by atoms with E-state index in [0.29, 0.717) is 5.95 Å². The number of aromatic amines is 1. The summed E-state index contributed by atoms with van der Waals surface area (Å²) in [5.41, 5.74) is 3.84. The Bertz CT molecular complexity index is 1040. The third-order valence-electron chi connectivity index (χ3n) is 5.19. The van der Waals surface area contributed by atoms with Gasteiger partial charge in [0.05, 0.1) is 6.54 Å². The number of aliphatic imine (C=N–C) groups is 1. The first-order valence-electron chi connectivity index (χ1n) is 9.37. The van der Waals surface area contributed by atoms with Crippen molar-refractivity contribution < 1.29 is 0 Å². The second kappa shape index (κ2) is 6.54. The molecule has 0 bridgehead atoms. The molecule has 1 aliphatic carbocycles. The molecule has 0 saturated heterocycles. The SMILES string of the molecule is CN(Cc1cccc2[nH]ccc12)c1nccc(NC2=NCC(C3CC3)=C2)n1. The molecule has 2 N–H and O–H groups in total. The number of nitrogens with zero attached hydrogens (tertiary/aromatic N) is 4. The predicted octanol–water partition coefficient (Wildman–Crippen LogP) is 3.75. The maximum Gasteiger partial charge on any atom is 0.227 e.